The first-order valence-corrected chi connectivity index (χ1v) is 9.58. The third-order valence-corrected chi connectivity index (χ3v) is 6.08. The first kappa shape index (κ1) is 18.0. The van der Waals surface area contributed by atoms with Crippen LogP contribution in [0, 0.1) is 11.3 Å². The van der Waals surface area contributed by atoms with Crippen molar-refractivity contribution in [2.24, 2.45) is 5.73 Å². The van der Waals surface area contributed by atoms with E-state index in [4.69, 9.17) is 10.5 Å². The fourth-order valence-electron chi connectivity index (χ4n) is 4.63. The van der Waals surface area contributed by atoms with Gasteiger partial charge in [0, 0.05) is 11.3 Å². The van der Waals surface area contributed by atoms with Gasteiger partial charge < -0.3 is 20.7 Å². The minimum absolute atomic E-state index is 0.0636. The van der Waals surface area contributed by atoms with Gasteiger partial charge in [-0.05, 0) is 18.6 Å². The van der Waals surface area contributed by atoms with Crippen LogP contribution in [-0.4, -0.2) is 23.3 Å². The Hall–Kier alpha value is -4.05. The molecule has 0 aromatic heterocycles. The molecule has 2 amide bonds. The fourth-order valence-corrected chi connectivity index (χ4v) is 4.63. The average molecular weight is 398 g/mol. The van der Waals surface area contributed by atoms with Crippen molar-refractivity contribution >= 4 is 17.5 Å². The Bertz CT molecular complexity index is 1210. The Morgan fingerprint density at radius 1 is 1.17 bits per heavy atom. The van der Waals surface area contributed by atoms with Crippen molar-refractivity contribution in [2.45, 2.75) is 18.4 Å². The summed E-state index contributed by atoms with van der Waals surface area (Å²) in [6.07, 6.45) is 0. The molecule has 3 aliphatic heterocycles. The summed E-state index contributed by atoms with van der Waals surface area (Å²) in [6, 6.07) is 18.4. The van der Waals surface area contributed by atoms with Crippen molar-refractivity contribution in [2.75, 3.05) is 11.9 Å². The number of hydrogen-bond donors (Lipinski definition) is 2. The molecule has 0 bridgehead atoms. The topological polar surface area (TPSA) is 108 Å². The zero-order chi connectivity index (χ0) is 21.0. The summed E-state index contributed by atoms with van der Waals surface area (Å²) in [6.45, 7) is 2.09. The van der Waals surface area contributed by atoms with Gasteiger partial charge >= 0.3 is 0 Å². The van der Waals surface area contributed by atoms with Gasteiger partial charge in [0.05, 0.1) is 18.2 Å². The Balaban J connectivity index is 1.68. The van der Waals surface area contributed by atoms with Gasteiger partial charge in [0.1, 0.15) is 17.4 Å². The third kappa shape index (κ3) is 2.13. The summed E-state index contributed by atoms with van der Waals surface area (Å²) >= 11 is 0. The lowest BCUT2D eigenvalue weighted by atomic mass is 9.68. The van der Waals surface area contributed by atoms with E-state index in [9.17, 15) is 14.9 Å². The first-order chi connectivity index (χ1) is 14.5. The SMILES string of the molecule is C[C@@H](c1ccccc1)N1CC2=C(C1=O)[C@@]1(C(=O)Nc3ccccc31)C(C#N)=C(N)O2. The zero-order valence-electron chi connectivity index (χ0n) is 16.2. The number of fused-ring (bicyclic) bond motifs is 3. The summed E-state index contributed by atoms with van der Waals surface area (Å²) in [5.41, 5.74) is 6.63. The molecular weight excluding hydrogens is 380 g/mol. The second-order valence-corrected chi connectivity index (χ2v) is 7.52. The molecule has 3 aliphatic rings. The summed E-state index contributed by atoms with van der Waals surface area (Å²) in [5, 5.41) is 12.7. The van der Waals surface area contributed by atoms with E-state index in [0.717, 1.165) is 5.56 Å². The number of nitrogens with one attached hydrogen (secondary N) is 1. The lowest BCUT2D eigenvalue weighted by Gasteiger charge is -2.32. The number of nitrogens with zero attached hydrogens (tertiary/aromatic N) is 2. The van der Waals surface area contributed by atoms with Crippen LogP contribution < -0.4 is 11.1 Å². The highest BCUT2D eigenvalue weighted by atomic mass is 16.5. The highest BCUT2D eigenvalue weighted by molar-refractivity contribution is 6.19. The Morgan fingerprint density at radius 3 is 2.60 bits per heavy atom. The molecule has 0 saturated heterocycles. The van der Waals surface area contributed by atoms with Gasteiger partial charge in [-0.1, -0.05) is 48.5 Å². The van der Waals surface area contributed by atoms with E-state index in [1.165, 1.54) is 0 Å². The molecule has 0 radical (unpaired) electrons. The molecule has 2 aromatic rings. The molecule has 7 heteroatoms. The number of hydrogen-bond acceptors (Lipinski definition) is 5. The number of para-hydroxylation sites is 1. The molecule has 1 spiro atoms. The maximum absolute atomic E-state index is 13.7. The second-order valence-electron chi connectivity index (χ2n) is 7.52. The lowest BCUT2D eigenvalue weighted by molar-refractivity contribution is -0.129. The number of carbonyl (C=O) groups is 2. The van der Waals surface area contributed by atoms with Crippen LogP contribution in [0.2, 0.25) is 0 Å². The number of anilines is 1. The largest absolute Gasteiger partial charge is 0.442 e. The van der Waals surface area contributed by atoms with E-state index >= 15 is 0 Å². The van der Waals surface area contributed by atoms with E-state index in [1.54, 1.807) is 29.2 Å². The van der Waals surface area contributed by atoms with Gasteiger partial charge in [0.25, 0.3) is 5.91 Å². The molecule has 3 heterocycles. The van der Waals surface area contributed by atoms with Gasteiger partial charge in [-0.25, -0.2) is 0 Å². The number of nitrogens with two attached hydrogens (primary N) is 1. The maximum Gasteiger partial charge on any atom is 0.256 e. The third-order valence-electron chi connectivity index (χ3n) is 6.08. The van der Waals surface area contributed by atoms with Crippen LogP contribution in [0.4, 0.5) is 5.69 Å². The quantitative estimate of drug-likeness (QED) is 0.808. The highest BCUT2D eigenvalue weighted by Gasteiger charge is 2.62. The molecule has 5 rings (SSSR count). The maximum atomic E-state index is 13.7. The molecule has 0 aliphatic carbocycles. The number of amides is 2. The van der Waals surface area contributed by atoms with Gasteiger partial charge in [-0.2, -0.15) is 5.26 Å². The van der Waals surface area contributed by atoms with Crippen molar-refractivity contribution in [3.8, 4) is 6.07 Å². The smallest absolute Gasteiger partial charge is 0.256 e. The van der Waals surface area contributed by atoms with Crippen LogP contribution in [0.15, 0.2) is 77.4 Å². The number of nitriles is 1. The average Bonchev–Trinajstić information content (AvgIpc) is 3.23. The predicted molar refractivity (Wildman–Crippen MR) is 108 cm³/mol. The van der Waals surface area contributed by atoms with E-state index in [-0.39, 0.29) is 35.5 Å². The molecule has 2 aromatic carbocycles. The summed E-state index contributed by atoms with van der Waals surface area (Å²) in [7, 11) is 0. The normalized spacial score (nSPS) is 23.1. The minimum atomic E-state index is -1.61. The van der Waals surface area contributed by atoms with Crippen LogP contribution in [-0.2, 0) is 19.7 Å². The molecule has 0 saturated carbocycles. The van der Waals surface area contributed by atoms with Crippen molar-refractivity contribution in [3.63, 3.8) is 0 Å². The van der Waals surface area contributed by atoms with Crippen LogP contribution >= 0.6 is 0 Å². The lowest BCUT2D eigenvalue weighted by Crippen LogP contribution is -2.45. The molecule has 30 heavy (non-hydrogen) atoms. The van der Waals surface area contributed by atoms with Crippen LogP contribution in [0.5, 0.6) is 0 Å². The number of ether oxygens (including phenoxy) is 1. The van der Waals surface area contributed by atoms with Crippen molar-refractivity contribution < 1.29 is 14.3 Å². The number of rotatable bonds is 2. The molecule has 3 N–H and O–H groups in total. The zero-order valence-corrected chi connectivity index (χ0v) is 16.2. The molecule has 7 nitrogen and oxygen atoms in total. The summed E-state index contributed by atoms with van der Waals surface area (Å²) in [4.78, 5) is 28.7. The van der Waals surface area contributed by atoms with Gasteiger partial charge in [0.2, 0.25) is 11.8 Å². The van der Waals surface area contributed by atoms with E-state index in [2.05, 4.69) is 5.32 Å². The Labute approximate surface area is 173 Å². The molecule has 148 valence electrons. The monoisotopic (exact) mass is 398 g/mol. The highest BCUT2D eigenvalue weighted by Crippen LogP contribution is 2.54. The van der Waals surface area contributed by atoms with Gasteiger partial charge in [0.15, 0.2) is 5.41 Å². The van der Waals surface area contributed by atoms with Crippen LogP contribution in [0.1, 0.15) is 24.1 Å². The van der Waals surface area contributed by atoms with E-state index < -0.39 is 11.3 Å². The van der Waals surface area contributed by atoms with Gasteiger partial charge in [-0.3, -0.25) is 9.59 Å². The van der Waals surface area contributed by atoms with Crippen molar-refractivity contribution in [3.05, 3.63) is 88.5 Å². The summed E-state index contributed by atoms with van der Waals surface area (Å²) < 4.78 is 5.72. The Morgan fingerprint density at radius 2 is 1.87 bits per heavy atom. The van der Waals surface area contributed by atoms with Crippen LogP contribution in [0.3, 0.4) is 0 Å². The Kier molecular flexibility index (Phi) is 3.74. The van der Waals surface area contributed by atoms with Gasteiger partial charge in [-0.15, -0.1) is 0 Å². The van der Waals surface area contributed by atoms with Crippen molar-refractivity contribution in [1.82, 2.24) is 4.90 Å². The predicted octanol–water partition coefficient (Wildman–Crippen LogP) is 2.46. The van der Waals surface area contributed by atoms with Crippen LogP contribution in [0.25, 0.3) is 0 Å². The number of benzene rings is 2. The minimum Gasteiger partial charge on any atom is -0.442 e. The molecule has 0 fully saturated rings. The second kappa shape index (κ2) is 6.22. The summed E-state index contributed by atoms with van der Waals surface area (Å²) in [5.74, 6) is -0.647. The number of carbonyl (C=O) groups excluding carboxylic acids is 2. The molecule has 2 atom stereocenters. The standard InChI is InChI=1S/C23H18N4O3/c1-13(14-7-3-2-4-8-14)27-12-18-19(21(27)28)23(16(11-24)20(25)30-18)15-9-5-6-10-17(15)26-22(23)29/h2-10,13H,12,25H2,1H3,(H,26,29)/t13-,23-/m0/s1. The van der Waals surface area contributed by atoms with E-state index in [1.807, 2.05) is 43.3 Å². The molecule has 0 unspecified atom stereocenters. The van der Waals surface area contributed by atoms with E-state index in [0.29, 0.717) is 17.0 Å². The van der Waals surface area contributed by atoms with Crippen molar-refractivity contribution in [1.29, 1.82) is 5.26 Å². The fraction of sp³-hybridized carbons (Fsp3) is 0.174. The first-order valence-electron chi connectivity index (χ1n) is 9.58. The molecular formula is C23H18N4O3.